The molecule has 1 saturated carbocycles. The molecule has 0 radical (unpaired) electrons. The third-order valence-electron chi connectivity index (χ3n) is 5.29. The number of aliphatic hydroxyl groups excluding tert-OH is 1. The lowest BCUT2D eigenvalue weighted by atomic mass is 9.73. The monoisotopic (exact) mass is 280 g/mol. The van der Waals surface area contributed by atoms with Crippen LogP contribution in [-0.4, -0.2) is 10.9 Å². The predicted molar refractivity (Wildman–Crippen MR) is 84.8 cm³/mol. The van der Waals surface area contributed by atoms with Gasteiger partial charge in [-0.2, -0.15) is 0 Å². The van der Waals surface area contributed by atoms with Gasteiger partial charge in [0.25, 0.3) is 0 Å². The van der Waals surface area contributed by atoms with E-state index in [4.69, 9.17) is 0 Å². The number of Topliss-reactive ketones (excluding diaryl/α,β-unsaturated/α-hetero) is 1. The number of aliphatic hydroxyl groups is 1. The summed E-state index contributed by atoms with van der Waals surface area (Å²) in [4.78, 5) is 13.0. The van der Waals surface area contributed by atoms with E-state index in [0.717, 1.165) is 31.3 Å². The molecule has 0 aromatic rings. The Morgan fingerprint density at radius 1 is 1.00 bits per heavy atom. The van der Waals surface area contributed by atoms with Crippen molar-refractivity contribution in [1.82, 2.24) is 0 Å². The lowest BCUT2D eigenvalue weighted by Crippen LogP contribution is -2.31. The molecule has 0 spiro atoms. The van der Waals surface area contributed by atoms with E-state index in [1.807, 2.05) is 34.6 Å². The molecular weight excluding hydrogens is 248 g/mol. The first-order valence-corrected chi connectivity index (χ1v) is 8.15. The van der Waals surface area contributed by atoms with Crippen molar-refractivity contribution in [3.63, 3.8) is 0 Å². The molecule has 1 rings (SSSR count). The molecule has 2 nitrogen and oxygen atoms in total. The second-order valence-corrected chi connectivity index (χ2v) is 7.55. The second kappa shape index (κ2) is 6.32. The molecule has 0 atom stereocenters. The molecule has 1 fully saturated rings. The van der Waals surface area contributed by atoms with Gasteiger partial charge in [-0.25, -0.2) is 0 Å². The zero-order valence-corrected chi connectivity index (χ0v) is 14.2. The van der Waals surface area contributed by atoms with Crippen molar-refractivity contribution in [2.24, 2.45) is 16.7 Å². The van der Waals surface area contributed by atoms with Crippen LogP contribution in [-0.2, 0) is 4.79 Å². The van der Waals surface area contributed by atoms with Gasteiger partial charge in [0.15, 0.2) is 5.78 Å². The Morgan fingerprint density at radius 3 is 1.85 bits per heavy atom. The summed E-state index contributed by atoms with van der Waals surface area (Å²) in [6.07, 6.45) is 6.09. The van der Waals surface area contributed by atoms with Crippen LogP contribution < -0.4 is 0 Å². The van der Waals surface area contributed by atoms with Crippen molar-refractivity contribution < 1.29 is 9.90 Å². The van der Waals surface area contributed by atoms with Crippen LogP contribution in [0.25, 0.3) is 0 Å². The zero-order valence-electron chi connectivity index (χ0n) is 14.2. The molecule has 0 aromatic carbocycles. The number of rotatable bonds is 6. The van der Waals surface area contributed by atoms with Gasteiger partial charge in [-0.05, 0) is 31.6 Å². The van der Waals surface area contributed by atoms with E-state index in [0.29, 0.717) is 5.76 Å². The maximum absolute atomic E-state index is 13.0. The van der Waals surface area contributed by atoms with E-state index in [1.54, 1.807) is 0 Å². The highest BCUT2D eigenvalue weighted by molar-refractivity contribution is 6.00. The molecule has 0 amide bonds. The number of hydrogen-bond acceptors (Lipinski definition) is 2. The lowest BCUT2D eigenvalue weighted by molar-refractivity contribution is -0.124. The van der Waals surface area contributed by atoms with Gasteiger partial charge in [0.1, 0.15) is 5.76 Å². The molecule has 0 aromatic heterocycles. The topological polar surface area (TPSA) is 37.3 Å². The van der Waals surface area contributed by atoms with Crippen LogP contribution >= 0.6 is 0 Å². The van der Waals surface area contributed by atoms with Gasteiger partial charge in [0.2, 0.25) is 0 Å². The van der Waals surface area contributed by atoms with Crippen molar-refractivity contribution in [3.8, 4) is 0 Å². The number of ketones is 1. The van der Waals surface area contributed by atoms with Crippen LogP contribution in [0, 0.1) is 16.7 Å². The fourth-order valence-electron chi connectivity index (χ4n) is 2.76. The van der Waals surface area contributed by atoms with Crippen LogP contribution in [0.15, 0.2) is 11.3 Å². The molecule has 20 heavy (non-hydrogen) atoms. The molecule has 0 bridgehead atoms. The van der Waals surface area contributed by atoms with Crippen LogP contribution in [0.3, 0.4) is 0 Å². The first-order chi connectivity index (χ1) is 9.17. The minimum Gasteiger partial charge on any atom is -0.511 e. The Balaban J connectivity index is 3.29. The maximum atomic E-state index is 13.0. The van der Waals surface area contributed by atoms with Gasteiger partial charge in [0.05, 0.1) is 0 Å². The Labute approximate surface area is 124 Å². The first kappa shape index (κ1) is 17.3. The van der Waals surface area contributed by atoms with Crippen molar-refractivity contribution in [2.45, 2.75) is 80.1 Å². The summed E-state index contributed by atoms with van der Waals surface area (Å²) < 4.78 is 0. The minimum atomic E-state index is -0.379. The highest BCUT2D eigenvalue weighted by Crippen LogP contribution is 2.42. The van der Waals surface area contributed by atoms with E-state index in [1.165, 1.54) is 12.8 Å². The first-order valence-electron chi connectivity index (χ1n) is 8.15. The standard InChI is InChI=1S/C18H32O2/c1-7-17(3,4)15(19)14(13-11-9-10-12-13)16(20)18(5,6)8-2/h13,19H,7-12H2,1-6H3. The zero-order chi connectivity index (χ0) is 15.6. The SMILES string of the molecule is CCC(C)(C)C(=O)C(=C(O)C(C)(C)CC)C1CCCC1. The van der Waals surface area contributed by atoms with Gasteiger partial charge >= 0.3 is 0 Å². The molecular formula is C18H32O2. The number of allylic oxidation sites excluding steroid dienone is 2. The second-order valence-electron chi connectivity index (χ2n) is 7.55. The lowest BCUT2D eigenvalue weighted by Gasteiger charge is -2.31. The quantitative estimate of drug-likeness (QED) is 0.520. The van der Waals surface area contributed by atoms with Gasteiger partial charge in [0, 0.05) is 16.4 Å². The summed E-state index contributed by atoms with van der Waals surface area (Å²) in [5, 5.41) is 10.8. The average Bonchev–Trinajstić information content (AvgIpc) is 2.92. The number of hydrogen-bond donors (Lipinski definition) is 1. The third kappa shape index (κ3) is 3.45. The molecule has 0 unspecified atom stereocenters. The summed E-state index contributed by atoms with van der Waals surface area (Å²) in [6.45, 7) is 12.2. The van der Waals surface area contributed by atoms with Crippen molar-refractivity contribution in [2.75, 3.05) is 0 Å². The van der Waals surface area contributed by atoms with Gasteiger partial charge in [-0.3, -0.25) is 4.79 Å². The minimum absolute atomic E-state index is 0.158. The van der Waals surface area contributed by atoms with E-state index in [9.17, 15) is 9.90 Å². The largest absolute Gasteiger partial charge is 0.511 e. The Morgan fingerprint density at radius 2 is 1.45 bits per heavy atom. The molecule has 0 saturated heterocycles. The van der Waals surface area contributed by atoms with E-state index < -0.39 is 0 Å². The van der Waals surface area contributed by atoms with Gasteiger partial charge in [-0.15, -0.1) is 0 Å². The normalized spacial score (nSPS) is 19.1. The van der Waals surface area contributed by atoms with Gasteiger partial charge < -0.3 is 5.11 Å². The van der Waals surface area contributed by atoms with Crippen molar-refractivity contribution in [3.05, 3.63) is 11.3 Å². The number of carbonyl (C=O) groups excluding carboxylic acids is 1. The van der Waals surface area contributed by atoms with E-state index in [-0.39, 0.29) is 22.5 Å². The van der Waals surface area contributed by atoms with E-state index >= 15 is 0 Å². The molecule has 0 aliphatic heterocycles. The molecule has 116 valence electrons. The fourth-order valence-corrected chi connectivity index (χ4v) is 2.76. The molecule has 0 heterocycles. The molecule has 2 heteroatoms. The summed E-state index contributed by atoms with van der Waals surface area (Å²) in [6, 6.07) is 0. The highest BCUT2D eigenvalue weighted by Gasteiger charge is 2.38. The van der Waals surface area contributed by atoms with E-state index in [2.05, 4.69) is 6.92 Å². The smallest absolute Gasteiger partial charge is 0.168 e. The summed E-state index contributed by atoms with van der Waals surface area (Å²) in [5.74, 6) is 0.767. The molecule has 1 aliphatic rings. The summed E-state index contributed by atoms with van der Waals surface area (Å²) >= 11 is 0. The Hall–Kier alpha value is -0.790. The van der Waals surface area contributed by atoms with Crippen molar-refractivity contribution >= 4 is 5.78 Å². The average molecular weight is 280 g/mol. The van der Waals surface area contributed by atoms with Gasteiger partial charge in [-0.1, -0.05) is 54.4 Å². The van der Waals surface area contributed by atoms with Crippen LogP contribution in [0.2, 0.25) is 0 Å². The van der Waals surface area contributed by atoms with Crippen LogP contribution in [0.4, 0.5) is 0 Å². The summed E-state index contributed by atoms with van der Waals surface area (Å²) in [7, 11) is 0. The molecule has 1 aliphatic carbocycles. The Bertz CT molecular complexity index is 382. The van der Waals surface area contributed by atoms with Crippen LogP contribution in [0.5, 0.6) is 0 Å². The predicted octanol–water partition coefficient (Wildman–Crippen LogP) is 5.43. The van der Waals surface area contributed by atoms with Crippen LogP contribution in [0.1, 0.15) is 80.1 Å². The van der Waals surface area contributed by atoms with Crippen molar-refractivity contribution in [1.29, 1.82) is 0 Å². The fraction of sp³-hybridized carbons (Fsp3) is 0.833. The summed E-state index contributed by atoms with van der Waals surface area (Å²) in [5.41, 5.74) is 0.0499. The third-order valence-corrected chi connectivity index (χ3v) is 5.29. The molecule has 1 N–H and O–H groups in total. The Kier molecular flexibility index (Phi) is 5.46. The maximum Gasteiger partial charge on any atom is 0.168 e. The number of carbonyl (C=O) groups is 1. The highest BCUT2D eigenvalue weighted by atomic mass is 16.3.